The third kappa shape index (κ3) is 3.38. The number of benzene rings is 2. The van der Waals surface area contributed by atoms with Crippen LogP contribution in [-0.4, -0.2) is 17.1 Å². The van der Waals surface area contributed by atoms with Gasteiger partial charge in [0.1, 0.15) is 0 Å². The second kappa shape index (κ2) is 7.29. The van der Waals surface area contributed by atoms with Gasteiger partial charge in [-0.05, 0) is 23.6 Å². The lowest BCUT2D eigenvalue weighted by Crippen LogP contribution is -2.18. The van der Waals surface area contributed by atoms with Crippen molar-refractivity contribution >= 4 is 34.4 Å². The Balaban J connectivity index is 1.72. The van der Waals surface area contributed by atoms with E-state index in [1.807, 2.05) is 78.2 Å². The lowest BCUT2D eigenvalue weighted by atomic mass is 10.0. The van der Waals surface area contributed by atoms with Crippen LogP contribution in [0.15, 0.2) is 83.3 Å². The number of hydrazone groups is 1. The van der Waals surface area contributed by atoms with E-state index in [0.29, 0.717) is 5.56 Å². The topological polar surface area (TPSA) is 54.4 Å². The molecule has 4 rings (SSSR count). The molecule has 0 spiro atoms. The number of carbonyl (C=O) groups excluding carboxylic acids is 1. The molecule has 0 saturated heterocycles. The first-order valence-electron chi connectivity index (χ1n) is 8.13. The first-order valence-corrected chi connectivity index (χ1v) is 9.01. The van der Waals surface area contributed by atoms with Gasteiger partial charge in [-0.3, -0.25) is 4.79 Å². The number of rotatable bonds is 4. The maximum Gasteiger partial charge on any atom is 0.272 e. The average Bonchev–Trinajstić information content (AvgIpc) is 3.21. The Hall–Kier alpha value is -3.31. The van der Waals surface area contributed by atoms with Crippen molar-refractivity contribution in [3.05, 3.63) is 88.6 Å². The van der Waals surface area contributed by atoms with Gasteiger partial charge in [0.15, 0.2) is 0 Å². The number of nitrogens with zero attached hydrogens (tertiary/aromatic N) is 2. The molecule has 2 heterocycles. The number of para-hydroxylation sites is 1. The summed E-state index contributed by atoms with van der Waals surface area (Å²) in [6.45, 7) is 0. The van der Waals surface area contributed by atoms with Gasteiger partial charge in [-0.15, -0.1) is 11.3 Å². The van der Waals surface area contributed by atoms with E-state index in [0.717, 1.165) is 27.0 Å². The fraction of sp³-hybridized carbons (Fsp3) is 0. The van der Waals surface area contributed by atoms with Gasteiger partial charge in [0.2, 0.25) is 0 Å². The molecule has 0 radical (unpaired) electrons. The summed E-state index contributed by atoms with van der Waals surface area (Å²) in [5, 5.41) is 6.83. The van der Waals surface area contributed by atoms with Crippen molar-refractivity contribution in [2.75, 3.05) is 0 Å². The molecule has 26 heavy (non-hydrogen) atoms. The highest BCUT2D eigenvalue weighted by Gasteiger charge is 2.13. The fourth-order valence-corrected chi connectivity index (χ4v) is 3.28. The van der Waals surface area contributed by atoms with Crippen LogP contribution in [0.1, 0.15) is 15.2 Å². The third-order valence-electron chi connectivity index (χ3n) is 3.93. The molecule has 0 aliphatic carbocycles. The predicted octanol–water partition coefficient (Wildman–Crippen LogP) is 4.73. The SMILES string of the molecule is O=C(N/N=C/c1cccs1)c1cc(-c2ccccc2)nc2ccccc12. The van der Waals surface area contributed by atoms with E-state index < -0.39 is 0 Å². The molecule has 0 unspecified atom stereocenters. The first kappa shape index (κ1) is 16.2. The quantitative estimate of drug-likeness (QED) is 0.424. The van der Waals surface area contributed by atoms with Crippen molar-refractivity contribution in [1.29, 1.82) is 0 Å². The van der Waals surface area contributed by atoms with Crippen molar-refractivity contribution in [2.24, 2.45) is 5.10 Å². The van der Waals surface area contributed by atoms with E-state index in [-0.39, 0.29) is 5.91 Å². The summed E-state index contributed by atoms with van der Waals surface area (Å²) in [5.41, 5.74) is 5.68. The Kier molecular flexibility index (Phi) is 4.53. The number of thiophene rings is 1. The number of amides is 1. The van der Waals surface area contributed by atoms with Gasteiger partial charge >= 0.3 is 0 Å². The van der Waals surface area contributed by atoms with Crippen molar-refractivity contribution in [1.82, 2.24) is 10.4 Å². The minimum atomic E-state index is -0.256. The van der Waals surface area contributed by atoms with Crippen LogP contribution >= 0.6 is 11.3 Å². The van der Waals surface area contributed by atoms with Crippen LogP contribution in [0.25, 0.3) is 22.2 Å². The molecule has 4 aromatic rings. The van der Waals surface area contributed by atoms with Crippen LogP contribution in [-0.2, 0) is 0 Å². The molecule has 0 fully saturated rings. The average molecular weight is 357 g/mol. The number of nitrogens with one attached hydrogen (secondary N) is 1. The zero-order chi connectivity index (χ0) is 17.8. The van der Waals surface area contributed by atoms with E-state index in [9.17, 15) is 4.79 Å². The van der Waals surface area contributed by atoms with Crippen LogP contribution in [0.5, 0.6) is 0 Å². The molecule has 2 aromatic heterocycles. The second-order valence-corrected chi connectivity index (χ2v) is 6.63. The van der Waals surface area contributed by atoms with Gasteiger partial charge in [-0.25, -0.2) is 10.4 Å². The molecule has 1 amide bonds. The van der Waals surface area contributed by atoms with Gasteiger partial charge in [-0.1, -0.05) is 54.6 Å². The zero-order valence-electron chi connectivity index (χ0n) is 13.8. The lowest BCUT2D eigenvalue weighted by molar-refractivity contribution is 0.0957. The Morgan fingerprint density at radius 2 is 1.81 bits per heavy atom. The number of fused-ring (bicyclic) bond motifs is 1. The molecule has 2 aromatic carbocycles. The third-order valence-corrected chi connectivity index (χ3v) is 4.74. The molecular formula is C21H15N3OS. The summed E-state index contributed by atoms with van der Waals surface area (Å²) in [6, 6.07) is 23.1. The van der Waals surface area contributed by atoms with E-state index in [1.165, 1.54) is 0 Å². The van der Waals surface area contributed by atoms with Crippen molar-refractivity contribution in [3.8, 4) is 11.3 Å². The number of hydrogen-bond donors (Lipinski definition) is 1. The smallest absolute Gasteiger partial charge is 0.267 e. The van der Waals surface area contributed by atoms with E-state index in [4.69, 9.17) is 4.98 Å². The number of hydrogen-bond acceptors (Lipinski definition) is 4. The Morgan fingerprint density at radius 3 is 2.62 bits per heavy atom. The summed E-state index contributed by atoms with van der Waals surface area (Å²) in [5.74, 6) is -0.256. The van der Waals surface area contributed by atoms with Crippen molar-refractivity contribution < 1.29 is 4.79 Å². The largest absolute Gasteiger partial charge is 0.272 e. The molecule has 5 heteroatoms. The van der Waals surface area contributed by atoms with Gasteiger partial charge in [-0.2, -0.15) is 5.10 Å². The highest BCUT2D eigenvalue weighted by molar-refractivity contribution is 7.11. The molecule has 126 valence electrons. The zero-order valence-corrected chi connectivity index (χ0v) is 14.6. The molecule has 0 aliphatic rings. The maximum atomic E-state index is 12.7. The van der Waals surface area contributed by atoms with Crippen LogP contribution < -0.4 is 5.43 Å². The summed E-state index contributed by atoms with van der Waals surface area (Å²) in [6.07, 6.45) is 1.64. The standard InChI is InChI=1S/C21H15N3OS/c25-21(24-22-14-16-9-6-12-26-16)18-13-20(15-7-2-1-3-8-15)23-19-11-5-4-10-17(18)19/h1-14H,(H,24,25)/b22-14+. The van der Waals surface area contributed by atoms with Crippen LogP contribution in [0.4, 0.5) is 0 Å². The van der Waals surface area contributed by atoms with Crippen molar-refractivity contribution in [2.45, 2.75) is 0 Å². The minimum absolute atomic E-state index is 0.256. The van der Waals surface area contributed by atoms with Gasteiger partial charge in [0.05, 0.1) is 23.0 Å². The fourth-order valence-electron chi connectivity index (χ4n) is 2.70. The molecule has 0 bridgehead atoms. The lowest BCUT2D eigenvalue weighted by Gasteiger charge is -2.09. The molecule has 0 aliphatic heterocycles. The molecule has 4 nitrogen and oxygen atoms in total. The molecule has 0 atom stereocenters. The first-order chi connectivity index (χ1) is 12.8. The highest BCUT2D eigenvalue weighted by atomic mass is 32.1. The summed E-state index contributed by atoms with van der Waals surface area (Å²) in [4.78, 5) is 18.4. The number of carbonyl (C=O) groups is 1. The predicted molar refractivity (Wildman–Crippen MR) is 107 cm³/mol. The van der Waals surface area contributed by atoms with Gasteiger partial charge in [0, 0.05) is 15.8 Å². The summed E-state index contributed by atoms with van der Waals surface area (Å²) < 4.78 is 0. The number of pyridine rings is 1. The Morgan fingerprint density at radius 1 is 1.00 bits per heavy atom. The summed E-state index contributed by atoms with van der Waals surface area (Å²) in [7, 11) is 0. The Bertz CT molecular complexity index is 1070. The molecule has 1 N–H and O–H groups in total. The van der Waals surface area contributed by atoms with Crippen LogP contribution in [0, 0.1) is 0 Å². The van der Waals surface area contributed by atoms with Gasteiger partial charge in [0.25, 0.3) is 5.91 Å². The minimum Gasteiger partial charge on any atom is -0.267 e. The molecular weight excluding hydrogens is 342 g/mol. The second-order valence-electron chi connectivity index (χ2n) is 5.65. The van der Waals surface area contributed by atoms with E-state index in [2.05, 4.69) is 10.5 Å². The maximum absolute atomic E-state index is 12.7. The van der Waals surface area contributed by atoms with Crippen molar-refractivity contribution in [3.63, 3.8) is 0 Å². The molecule has 0 saturated carbocycles. The Labute approximate surface area is 154 Å². The normalized spacial score (nSPS) is 11.1. The van der Waals surface area contributed by atoms with Crippen LogP contribution in [0.2, 0.25) is 0 Å². The van der Waals surface area contributed by atoms with Gasteiger partial charge < -0.3 is 0 Å². The monoisotopic (exact) mass is 357 g/mol. The summed E-state index contributed by atoms with van der Waals surface area (Å²) >= 11 is 1.56. The van der Waals surface area contributed by atoms with E-state index >= 15 is 0 Å². The van der Waals surface area contributed by atoms with E-state index in [1.54, 1.807) is 17.6 Å². The number of aromatic nitrogens is 1. The van der Waals surface area contributed by atoms with Crippen LogP contribution in [0.3, 0.4) is 0 Å². The highest BCUT2D eigenvalue weighted by Crippen LogP contribution is 2.24.